The molecule has 0 radical (unpaired) electrons. The zero-order chi connectivity index (χ0) is 23.8. The van der Waals surface area contributed by atoms with Gasteiger partial charge < -0.3 is 15.0 Å². The molecule has 1 unspecified atom stereocenters. The average Bonchev–Trinajstić information content (AvgIpc) is 2.82. The van der Waals surface area contributed by atoms with E-state index in [1.807, 2.05) is 54.6 Å². The highest BCUT2D eigenvalue weighted by Crippen LogP contribution is 2.25. The molecule has 2 aromatic carbocycles. The summed E-state index contributed by atoms with van der Waals surface area (Å²) in [7, 11) is 0. The van der Waals surface area contributed by atoms with Gasteiger partial charge in [-0.05, 0) is 41.5 Å². The fraction of sp³-hybridized carbons (Fsp3) is 0.444. The van der Waals surface area contributed by atoms with Crippen molar-refractivity contribution in [3.8, 4) is 11.8 Å². The third-order valence-corrected chi connectivity index (χ3v) is 6.07. The molecule has 1 heterocycles. The molecule has 6 heteroatoms. The van der Waals surface area contributed by atoms with Crippen LogP contribution < -0.4 is 10.1 Å². The van der Waals surface area contributed by atoms with Gasteiger partial charge in [-0.25, -0.2) is 0 Å². The third kappa shape index (κ3) is 6.82. The van der Waals surface area contributed by atoms with Crippen molar-refractivity contribution in [3.63, 3.8) is 0 Å². The maximum Gasteiger partial charge on any atom is 0.225 e. The van der Waals surface area contributed by atoms with E-state index >= 15 is 0 Å². The van der Waals surface area contributed by atoms with Crippen LogP contribution in [0.15, 0.2) is 54.6 Å². The average molecular weight is 448 g/mol. The quantitative estimate of drug-likeness (QED) is 0.683. The first kappa shape index (κ1) is 24.3. The van der Waals surface area contributed by atoms with Gasteiger partial charge >= 0.3 is 0 Å². The summed E-state index contributed by atoms with van der Waals surface area (Å²) >= 11 is 0. The van der Waals surface area contributed by atoms with Gasteiger partial charge in [0.1, 0.15) is 11.8 Å². The number of para-hydroxylation sites is 1. The predicted octanol–water partition coefficient (Wildman–Crippen LogP) is 4.37. The maximum absolute atomic E-state index is 12.8. The van der Waals surface area contributed by atoms with Crippen molar-refractivity contribution in [2.45, 2.75) is 51.5 Å². The third-order valence-electron chi connectivity index (χ3n) is 6.07. The Morgan fingerprint density at radius 2 is 1.73 bits per heavy atom. The van der Waals surface area contributed by atoms with Gasteiger partial charge in [0.25, 0.3) is 0 Å². The molecular weight excluding hydrogens is 414 g/mol. The molecular formula is C27H33N3O3. The molecule has 1 aliphatic rings. The van der Waals surface area contributed by atoms with Crippen LogP contribution in [0.5, 0.6) is 5.75 Å². The molecule has 33 heavy (non-hydrogen) atoms. The highest BCUT2D eigenvalue weighted by Gasteiger charge is 2.28. The Morgan fingerprint density at radius 1 is 1.09 bits per heavy atom. The van der Waals surface area contributed by atoms with Crippen molar-refractivity contribution in [2.75, 3.05) is 19.7 Å². The second-order valence-electron chi connectivity index (χ2n) is 9.51. The van der Waals surface area contributed by atoms with Crippen molar-refractivity contribution >= 4 is 11.8 Å². The summed E-state index contributed by atoms with van der Waals surface area (Å²) in [5.74, 6) is 0.472. The summed E-state index contributed by atoms with van der Waals surface area (Å²) in [4.78, 5) is 27.1. The summed E-state index contributed by atoms with van der Waals surface area (Å²) in [6.07, 6.45) is 1.50. The number of hydrogen-bond donors (Lipinski definition) is 1. The number of hydrogen-bond acceptors (Lipinski definition) is 4. The van der Waals surface area contributed by atoms with Gasteiger partial charge in [0.15, 0.2) is 0 Å². The molecule has 2 aromatic rings. The van der Waals surface area contributed by atoms with E-state index in [0.29, 0.717) is 39.0 Å². The number of rotatable bonds is 7. The lowest BCUT2D eigenvalue weighted by molar-refractivity contribution is -0.136. The molecule has 174 valence electrons. The molecule has 0 aliphatic carbocycles. The Morgan fingerprint density at radius 3 is 2.30 bits per heavy atom. The van der Waals surface area contributed by atoms with Crippen LogP contribution in [0.4, 0.5) is 0 Å². The number of likely N-dealkylation sites (tertiary alicyclic amines) is 1. The molecule has 3 rings (SSSR count). The predicted molar refractivity (Wildman–Crippen MR) is 127 cm³/mol. The number of nitrogens with one attached hydrogen (secondary N) is 1. The van der Waals surface area contributed by atoms with E-state index in [-0.39, 0.29) is 23.1 Å². The first-order chi connectivity index (χ1) is 15.8. The minimum absolute atomic E-state index is 0.0307. The number of nitrogens with zero attached hydrogens (tertiary/aromatic N) is 2. The van der Waals surface area contributed by atoms with Gasteiger partial charge in [0.05, 0.1) is 19.1 Å². The van der Waals surface area contributed by atoms with Crippen molar-refractivity contribution < 1.29 is 14.3 Å². The van der Waals surface area contributed by atoms with Gasteiger partial charge in [0, 0.05) is 19.0 Å². The molecule has 2 amide bonds. The molecule has 1 aliphatic heterocycles. The van der Waals surface area contributed by atoms with Crippen LogP contribution in [-0.2, 0) is 15.0 Å². The van der Waals surface area contributed by atoms with Gasteiger partial charge in [-0.3, -0.25) is 9.59 Å². The van der Waals surface area contributed by atoms with Crippen LogP contribution in [0.2, 0.25) is 0 Å². The monoisotopic (exact) mass is 447 g/mol. The zero-order valence-electron chi connectivity index (χ0n) is 19.7. The molecule has 0 saturated carbocycles. The number of nitriles is 1. The Bertz CT molecular complexity index is 966. The lowest BCUT2D eigenvalue weighted by Crippen LogP contribution is -2.43. The van der Waals surface area contributed by atoms with E-state index in [4.69, 9.17) is 4.74 Å². The van der Waals surface area contributed by atoms with Crippen LogP contribution >= 0.6 is 0 Å². The summed E-state index contributed by atoms with van der Waals surface area (Å²) in [5, 5.41) is 12.5. The second kappa shape index (κ2) is 11.0. The van der Waals surface area contributed by atoms with E-state index in [9.17, 15) is 14.9 Å². The first-order valence-corrected chi connectivity index (χ1v) is 11.5. The summed E-state index contributed by atoms with van der Waals surface area (Å²) < 4.78 is 5.61. The van der Waals surface area contributed by atoms with Crippen molar-refractivity contribution in [3.05, 3.63) is 65.7 Å². The number of carbonyl (C=O) groups excluding carboxylic acids is 2. The van der Waals surface area contributed by atoms with E-state index in [1.54, 1.807) is 4.90 Å². The fourth-order valence-electron chi connectivity index (χ4n) is 3.95. The molecule has 0 bridgehead atoms. The standard InChI is InChI=1S/C27H33N3O3/c1-27(2,3)22-11-9-20(10-12-22)24(19-28)29-26(32)21-13-16-30(17-14-21)25(31)15-18-33-23-7-5-4-6-8-23/h4-12,21,24H,13-18H2,1-3H3,(H,29,32). The van der Waals surface area contributed by atoms with Crippen LogP contribution in [0.3, 0.4) is 0 Å². The summed E-state index contributed by atoms with van der Waals surface area (Å²) in [5.41, 5.74) is 1.99. The first-order valence-electron chi connectivity index (χ1n) is 11.5. The molecule has 1 saturated heterocycles. The highest BCUT2D eigenvalue weighted by atomic mass is 16.5. The Kier molecular flexibility index (Phi) is 8.11. The SMILES string of the molecule is CC(C)(C)c1ccc(C(C#N)NC(=O)C2CCN(C(=O)CCOc3ccccc3)CC2)cc1. The summed E-state index contributed by atoms with van der Waals surface area (Å²) in [6.45, 7) is 7.83. The Hall–Kier alpha value is -3.33. The van der Waals surface area contributed by atoms with Crippen LogP contribution in [0.1, 0.15) is 57.2 Å². The smallest absolute Gasteiger partial charge is 0.225 e. The Labute approximate surface area is 196 Å². The topological polar surface area (TPSA) is 82.4 Å². The number of piperidine rings is 1. The van der Waals surface area contributed by atoms with Gasteiger partial charge in [-0.15, -0.1) is 0 Å². The van der Waals surface area contributed by atoms with E-state index in [0.717, 1.165) is 11.3 Å². The molecule has 0 spiro atoms. The van der Waals surface area contributed by atoms with Crippen LogP contribution in [0, 0.1) is 17.2 Å². The number of amides is 2. The van der Waals surface area contributed by atoms with E-state index in [2.05, 4.69) is 32.2 Å². The number of benzene rings is 2. The normalized spacial score (nSPS) is 15.4. The summed E-state index contributed by atoms with van der Waals surface area (Å²) in [6, 6.07) is 18.8. The lowest BCUT2D eigenvalue weighted by Gasteiger charge is -2.31. The zero-order valence-corrected chi connectivity index (χ0v) is 19.7. The molecule has 1 fully saturated rings. The maximum atomic E-state index is 12.8. The van der Waals surface area contributed by atoms with Gasteiger partial charge in [-0.2, -0.15) is 5.26 Å². The largest absolute Gasteiger partial charge is 0.493 e. The Balaban J connectivity index is 1.45. The van der Waals surface area contributed by atoms with Crippen LogP contribution in [-0.4, -0.2) is 36.4 Å². The minimum atomic E-state index is -0.679. The molecule has 6 nitrogen and oxygen atoms in total. The van der Waals surface area contributed by atoms with Crippen molar-refractivity contribution in [1.29, 1.82) is 5.26 Å². The lowest BCUT2D eigenvalue weighted by atomic mass is 9.86. The van der Waals surface area contributed by atoms with Crippen LogP contribution in [0.25, 0.3) is 0 Å². The number of ether oxygens (including phenoxy) is 1. The van der Waals surface area contributed by atoms with Gasteiger partial charge in [0.2, 0.25) is 11.8 Å². The number of carbonyl (C=O) groups is 2. The van der Waals surface area contributed by atoms with Crippen molar-refractivity contribution in [2.24, 2.45) is 5.92 Å². The molecule has 1 N–H and O–H groups in total. The van der Waals surface area contributed by atoms with Gasteiger partial charge in [-0.1, -0.05) is 63.2 Å². The molecule has 0 aromatic heterocycles. The second-order valence-corrected chi connectivity index (χ2v) is 9.51. The molecule has 1 atom stereocenters. The van der Waals surface area contributed by atoms with E-state index < -0.39 is 6.04 Å². The van der Waals surface area contributed by atoms with E-state index in [1.165, 1.54) is 5.56 Å². The minimum Gasteiger partial charge on any atom is -0.493 e. The fourth-order valence-corrected chi connectivity index (χ4v) is 3.95. The van der Waals surface area contributed by atoms with Crippen molar-refractivity contribution in [1.82, 2.24) is 10.2 Å². The highest BCUT2D eigenvalue weighted by molar-refractivity contribution is 5.80.